The Morgan fingerprint density at radius 2 is 1.75 bits per heavy atom. The minimum Gasteiger partial charge on any atom is -1.00 e. The molecule has 0 atom stereocenters. The second-order valence-electron chi connectivity index (χ2n) is 6.91. The van der Waals surface area contributed by atoms with Crippen LogP contribution in [-0.4, -0.2) is 4.57 Å². The summed E-state index contributed by atoms with van der Waals surface area (Å²) in [5.74, 6) is 1.06. The van der Waals surface area contributed by atoms with Crippen LogP contribution in [0.4, 0.5) is 13.2 Å². The molecule has 0 N–H and O–H groups in total. The number of nitrogens with zero attached hydrogens (tertiary/aromatic N) is 2. The van der Waals surface area contributed by atoms with E-state index in [2.05, 4.69) is 4.57 Å². The summed E-state index contributed by atoms with van der Waals surface area (Å²) in [6.45, 7) is 1.28. The van der Waals surface area contributed by atoms with Crippen LogP contribution in [0, 0.1) is 0 Å². The van der Waals surface area contributed by atoms with E-state index < -0.39 is 11.7 Å². The van der Waals surface area contributed by atoms with Gasteiger partial charge in [0.1, 0.15) is 6.54 Å². The van der Waals surface area contributed by atoms with Crippen molar-refractivity contribution in [1.29, 1.82) is 0 Å². The molecule has 1 aliphatic heterocycles. The van der Waals surface area contributed by atoms with Crippen LogP contribution in [0.1, 0.15) is 36.2 Å². The van der Waals surface area contributed by atoms with Crippen LogP contribution in [0.15, 0.2) is 36.4 Å². The summed E-state index contributed by atoms with van der Waals surface area (Å²) in [6.07, 6.45) is -0.336. The molecular weight excluding hydrogens is 432 g/mol. The molecule has 0 saturated carbocycles. The van der Waals surface area contributed by atoms with Gasteiger partial charge in [-0.1, -0.05) is 29.3 Å². The summed E-state index contributed by atoms with van der Waals surface area (Å²) in [5, 5.41) is 0.908. The monoisotopic (exact) mass is 448 g/mol. The van der Waals surface area contributed by atoms with Gasteiger partial charge in [-0.3, -0.25) is 0 Å². The fraction of sp³-hybridized carbons (Fsp3) is 0.350. The molecule has 2 nitrogen and oxygen atoms in total. The molecule has 1 aromatic heterocycles. The quantitative estimate of drug-likeness (QED) is 0.532. The van der Waals surface area contributed by atoms with E-state index in [0.717, 1.165) is 49.1 Å². The molecule has 4 rings (SSSR count). The lowest BCUT2D eigenvalue weighted by Gasteiger charge is -2.07. The first-order valence-electron chi connectivity index (χ1n) is 8.90. The van der Waals surface area contributed by atoms with Gasteiger partial charge >= 0.3 is 6.18 Å². The van der Waals surface area contributed by atoms with Crippen LogP contribution >= 0.6 is 23.2 Å². The fourth-order valence-electron chi connectivity index (χ4n) is 3.81. The van der Waals surface area contributed by atoms with Crippen molar-refractivity contribution in [1.82, 2.24) is 4.57 Å². The molecule has 0 spiro atoms. The van der Waals surface area contributed by atoms with Crippen LogP contribution < -0.4 is 17.0 Å². The molecule has 1 aliphatic rings. The lowest BCUT2D eigenvalue weighted by molar-refractivity contribution is -0.678. The Labute approximate surface area is 177 Å². The molecule has 2 aromatic carbocycles. The molecular formula is C20H18Cl3F3N2. The van der Waals surface area contributed by atoms with Gasteiger partial charge in [0.05, 0.1) is 22.2 Å². The van der Waals surface area contributed by atoms with E-state index in [-0.39, 0.29) is 12.4 Å². The number of rotatable bonds is 2. The van der Waals surface area contributed by atoms with Crippen LogP contribution in [0.25, 0.3) is 11.0 Å². The van der Waals surface area contributed by atoms with Gasteiger partial charge in [-0.2, -0.15) is 13.2 Å². The molecule has 3 aromatic rings. The number of hydrogen-bond acceptors (Lipinski definition) is 0. The van der Waals surface area contributed by atoms with Crippen LogP contribution in [0.5, 0.6) is 0 Å². The van der Waals surface area contributed by atoms with E-state index in [1.54, 1.807) is 18.2 Å². The number of fused-ring (bicyclic) bond motifs is 3. The summed E-state index contributed by atoms with van der Waals surface area (Å²) < 4.78 is 44.0. The molecule has 28 heavy (non-hydrogen) atoms. The smallest absolute Gasteiger partial charge is 0.416 e. The van der Waals surface area contributed by atoms with Gasteiger partial charge in [0.25, 0.3) is 5.82 Å². The maximum atomic E-state index is 13.3. The summed E-state index contributed by atoms with van der Waals surface area (Å²) in [5.41, 5.74) is 1.73. The Balaban J connectivity index is 0.00000225. The highest BCUT2D eigenvalue weighted by Crippen LogP contribution is 2.32. The predicted octanol–water partition coefficient (Wildman–Crippen LogP) is 3.03. The molecule has 8 heteroatoms. The SMILES string of the molecule is FC(F)(F)c1ccc2c(c1)n(Cc1ccc(Cl)c(Cl)c1)c1[n+]2CCCCC1.[Cl-]. The van der Waals surface area contributed by atoms with Crippen molar-refractivity contribution in [3.8, 4) is 0 Å². The number of hydrogen-bond donors (Lipinski definition) is 0. The zero-order valence-corrected chi connectivity index (χ0v) is 17.1. The van der Waals surface area contributed by atoms with Crippen LogP contribution in [0.2, 0.25) is 10.0 Å². The average Bonchev–Trinajstić information content (AvgIpc) is 2.76. The fourth-order valence-corrected chi connectivity index (χ4v) is 4.13. The zero-order chi connectivity index (χ0) is 19.2. The van der Waals surface area contributed by atoms with Gasteiger partial charge in [-0.25, -0.2) is 9.13 Å². The minimum absolute atomic E-state index is 0. The van der Waals surface area contributed by atoms with Crippen LogP contribution in [0.3, 0.4) is 0 Å². The second-order valence-corrected chi connectivity index (χ2v) is 7.73. The lowest BCUT2D eigenvalue weighted by Crippen LogP contribution is -3.00. The average molecular weight is 450 g/mol. The van der Waals surface area contributed by atoms with Gasteiger partial charge in [0.15, 0.2) is 11.0 Å². The Kier molecular flexibility index (Phi) is 6.18. The first kappa shape index (κ1) is 21.3. The van der Waals surface area contributed by atoms with Gasteiger partial charge in [-0.05, 0) is 49.1 Å². The Bertz CT molecular complexity index is 1010. The van der Waals surface area contributed by atoms with E-state index in [1.165, 1.54) is 12.1 Å². The van der Waals surface area contributed by atoms with Crippen molar-refractivity contribution >= 4 is 34.2 Å². The Morgan fingerprint density at radius 1 is 0.964 bits per heavy atom. The normalized spacial score (nSPS) is 14.5. The van der Waals surface area contributed by atoms with Crippen molar-refractivity contribution in [3.63, 3.8) is 0 Å². The number of aryl methyl sites for hydroxylation is 1. The molecule has 0 fully saturated rings. The molecule has 0 amide bonds. The largest absolute Gasteiger partial charge is 1.00 e. The lowest BCUT2D eigenvalue weighted by atomic mass is 10.1. The van der Waals surface area contributed by atoms with E-state index in [4.69, 9.17) is 23.2 Å². The highest BCUT2D eigenvalue weighted by atomic mass is 35.5. The number of imidazole rings is 1. The van der Waals surface area contributed by atoms with Crippen molar-refractivity contribution in [2.45, 2.75) is 44.9 Å². The zero-order valence-electron chi connectivity index (χ0n) is 14.9. The highest BCUT2D eigenvalue weighted by Gasteiger charge is 2.34. The summed E-state index contributed by atoms with van der Waals surface area (Å²) >= 11 is 12.1. The first-order chi connectivity index (χ1) is 12.8. The Hall–Kier alpha value is -1.43. The maximum absolute atomic E-state index is 13.3. The molecule has 0 unspecified atom stereocenters. The van der Waals surface area contributed by atoms with Gasteiger partial charge < -0.3 is 12.4 Å². The second kappa shape index (κ2) is 8.13. The number of benzene rings is 2. The standard InChI is InChI=1S/C20H18Cl2F3N2.ClH/c21-15-7-5-13(10-16(15)22)12-27-18-11-14(20(23,24)25)6-8-17(18)26-9-3-1-2-4-19(26)27;/h5-8,10-11H,1-4,9,12H2;1H/q+1;/p-1. The van der Waals surface area contributed by atoms with Crippen molar-refractivity contribution in [3.05, 3.63) is 63.4 Å². The summed E-state index contributed by atoms with van der Waals surface area (Å²) in [7, 11) is 0. The summed E-state index contributed by atoms with van der Waals surface area (Å²) in [6, 6.07) is 9.38. The summed E-state index contributed by atoms with van der Waals surface area (Å²) in [4.78, 5) is 0. The highest BCUT2D eigenvalue weighted by molar-refractivity contribution is 6.42. The third-order valence-corrected chi connectivity index (χ3v) is 5.85. The van der Waals surface area contributed by atoms with Gasteiger partial charge in [0.2, 0.25) is 0 Å². The van der Waals surface area contributed by atoms with E-state index in [1.807, 2.05) is 10.6 Å². The maximum Gasteiger partial charge on any atom is 0.416 e. The number of halogens is 6. The van der Waals surface area contributed by atoms with E-state index >= 15 is 0 Å². The molecule has 0 aliphatic carbocycles. The van der Waals surface area contributed by atoms with E-state index in [9.17, 15) is 13.2 Å². The molecule has 150 valence electrons. The molecule has 2 heterocycles. The van der Waals surface area contributed by atoms with Crippen LogP contribution in [-0.2, 0) is 25.7 Å². The predicted molar refractivity (Wildman–Crippen MR) is 100 cm³/mol. The van der Waals surface area contributed by atoms with Crippen molar-refractivity contribution in [2.75, 3.05) is 0 Å². The molecule has 0 radical (unpaired) electrons. The van der Waals surface area contributed by atoms with Crippen molar-refractivity contribution in [2.24, 2.45) is 0 Å². The Morgan fingerprint density at radius 3 is 2.46 bits per heavy atom. The van der Waals surface area contributed by atoms with Crippen molar-refractivity contribution < 1.29 is 30.1 Å². The minimum atomic E-state index is -4.37. The third kappa shape index (κ3) is 3.98. The molecule has 0 bridgehead atoms. The topological polar surface area (TPSA) is 8.81 Å². The first-order valence-corrected chi connectivity index (χ1v) is 9.66. The third-order valence-electron chi connectivity index (χ3n) is 5.11. The van der Waals surface area contributed by atoms with Gasteiger partial charge in [0, 0.05) is 12.5 Å². The van der Waals surface area contributed by atoms with Gasteiger partial charge in [-0.15, -0.1) is 0 Å². The molecule has 0 saturated heterocycles. The number of alkyl halides is 3. The number of aromatic nitrogens is 2. The van der Waals surface area contributed by atoms with E-state index in [0.29, 0.717) is 22.1 Å².